The Morgan fingerprint density at radius 1 is 1.29 bits per heavy atom. The molecule has 0 unspecified atom stereocenters. The quantitative estimate of drug-likeness (QED) is 0.477. The molecule has 144 valence electrons. The maximum Gasteiger partial charge on any atom is 0.236 e. The van der Waals surface area contributed by atoms with Crippen molar-refractivity contribution in [1.82, 2.24) is 14.9 Å². The van der Waals surface area contributed by atoms with E-state index in [1.54, 1.807) is 11.9 Å². The normalized spacial score (nSPS) is 17.3. The Balaban J connectivity index is 1.60. The molecule has 3 aromatic rings. The third kappa shape index (κ3) is 3.12. The van der Waals surface area contributed by atoms with Gasteiger partial charge in [0.05, 0.1) is 11.3 Å². The van der Waals surface area contributed by atoms with Crippen molar-refractivity contribution in [3.8, 4) is 6.07 Å². The second-order valence-corrected chi connectivity index (χ2v) is 8.65. The fourth-order valence-corrected chi connectivity index (χ4v) is 4.89. The molecule has 0 saturated heterocycles. The van der Waals surface area contributed by atoms with Crippen LogP contribution in [-0.2, 0) is 4.79 Å². The molecule has 0 aliphatic heterocycles. The van der Waals surface area contributed by atoms with E-state index in [1.807, 2.05) is 31.2 Å². The minimum absolute atomic E-state index is 0.0590. The topological polar surface area (TPSA) is 83.0 Å². The first kappa shape index (κ1) is 18.8. The molecule has 1 aliphatic rings. The summed E-state index contributed by atoms with van der Waals surface area (Å²) in [5, 5.41) is 11.0. The Bertz CT molecular complexity index is 1070. The van der Waals surface area contributed by atoms with Crippen LogP contribution in [0.3, 0.4) is 0 Å². The fraction of sp³-hybridized carbons (Fsp3) is 0.429. The van der Waals surface area contributed by atoms with Gasteiger partial charge in [-0.15, -0.1) is 0 Å². The average molecular weight is 395 g/mol. The first-order valence-corrected chi connectivity index (χ1v) is 10.4. The highest BCUT2D eigenvalue weighted by atomic mass is 32.2. The van der Waals surface area contributed by atoms with E-state index in [-0.39, 0.29) is 11.2 Å². The summed E-state index contributed by atoms with van der Waals surface area (Å²) >= 11 is 1.35. The van der Waals surface area contributed by atoms with Crippen LogP contribution in [0.2, 0.25) is 0 Å². The molecule has 0 bridgehead atoms. The number of benzene rings is 1. The maximum absolute atomic E-state index is 13.1. The van der Waals surface area contributed by atoms with Crippen molar-refractivity contribution in [2.45, 2.75) is 54.8 Å². The molecule has 6 nitrogen and oxygen atoms in total. The summed E-state index contributed by atoms with van der Waals surface area (Å²) in [6.45, 7) is 1.86. The van der Waals surface area contributed by atoms with Crippen molar-refractivity contribution >= 4 is 39.7 Å². The molecule has 1 amide bonds. The number of rotatable bonds is 4. The zero-order chi connectivity index (χ0) is 19.7. The highest BCUT2D eigenvalue weighted by molar-refractivity contribution is 8.00. The Kier molecular flexibility index (Phi) is 4.98. The number of aromatic nitrogens is 2. The lowest BCUT2D eigenvalue weighted by molar-refractivity contribution is -0.133. The molecule has 1 aromatic carbocycles. The molecule has 1 fully saturated rings. The van der Waals surface area contributed by atoms with Crippen LogP contribution in [0.1, 0.15) is 39.0 Å². The molecule has 0 spiro atoms. The number of nitrogens with zero attached hydrogens (tertiary/aromatic N) is 4. The van der Waals surface area contributed by atoms with E-state index in [0.717, 1.165) is 48.6 Å². The SMILES string of the molecule is C[C@H](Sc1ncnc2c1oc1ccccc12)C(=O)N(C)C1(C#N)CCCCC1. The maximum atomic E-state index is 13.1. The van der Waals surface area contributed by atoms with Crippen LogP contribution in [0, 0.1) is 11.3 Å². The van der Waals surface area contributed by atoms with Crippen LogP contribution in [0.4, 0.5) is 0 Å². The number of carbonyl (C=O) groups is 1. The Morgan fingerprint density at radius 3 is 2.79 bits per heavy atom. The van der Waals surface area contributed by atoms with E-state index in [9.17, 15) is 10.1 Å². The summed E-state index contributed by atoms with van der Waals surface area (Å²) in [5.74, 6) is -0.0590. The van der Waals surface area contributed by atoms with E-state index >= 15 is 0 Å². The van der Waals surface area contributed by atoms with E-state index < -0.39 is 5.54 Å². The number of para-hydroxylation sites is 1. The van der Waals surface area contributed by atoms with E-state index in [0.29, 0.717) is 10.6 Å². The van der Waals surface area contributed by atoms with Crippen LogP contribution in [-0.4, -0.2) is 38.6 Å². The summed E-state index contributed by atoms with van der Waals surface area (Å²) in [4.78, 5) is 23.5. The second-order valence-electron chi connectivity index (χ2n) is 7.32. The van der Waals surface area contributed by atoms with Gasteiger partial charge in [0, 0.05) is 12.4 Å². The molecule has 28 heavy (non-hydrogen) atoms. The van der Waals surface area contributed by atoms with Gasteiger partial charge in [-0.25, -0.2) is 9.97 Å². The predicted octanol–water partition coefficient (Wildman–Crippen LogP) is 4.54. The third-order valence-electron chi connectivity index (χ3n) is 5.62. The molecule has 2 aromatic heterocycles. The zero-order valence-corrected chi connectivity index (χ0v) is 16.8. The van der Waals surface area contributed by atoms with Gasteiger partial charge in [-0.05, 0) is 31.9 Å². The minimum atomic E-state index is -0.690. The lowest BCUT2D eigenvalue weighted by Gasteiger charge is -2.40. The van der Waals surface area contributed by atoms with Gasteiger partial charge in [-0.1, -0.05) is 43.2 Å². The van der Waals surface area contributed by atoms with Crippen molar-refractivity contribution in [3.63, 3.8) is 0 Å². The van der Waals surface area contributed by atoms with Gasteiger partial charge in [0.2, 0.25) is 5.91 Å². The van der Waals surface area contributed by atoms with Crippen LogP contribution >= 0.6 is 11.8 Å². The molecule has 0 radical (unpaired) electrons. The molecular formula is C21H22N4O2S. The first-order valence-electron chi connectivity index (χ1n) is 9.53. The smallest absolute Gasteiger partial charge is 0.236 e. The summed E-state index contributed by atoms with van der Waals surface area (Å²) in [6.07, 6.45) is 6.08. The highest BCUT2D eigenvalue weighted by Gasteiger charge is 2.40. The Morgan fingerprint density at radius 2 is 2.04 bits per heavy atom. The number of hydrogen-bond donors (Lipinski definition) is 0. The number of carbonyl (C=O) groups excluding carboxylic acids is 1. The predicted molar refractivity (Wildman–Crippen MR) is 109 cm³/mol. The van der Waals surface area contributed by atoms with Crippen LogP contribution < -0.4 is 0 Å². The van der Waals surface area contributed by atoms with Crippen molar-refractivity contribution < 1.29 is 9.21 Å². The van der Waals surface area contributed by atoms with E-state index in [4.69, 9.17) is 4.42 Å². The first-order chi connectivity index (χ1) is 13.6. The molecule has 1 saturated carbocycles. The Labute approximate surface area is 167 Å². The summed E-state index contributed by atoms with van der Waals surface area (Å²) < 4.78 is 5.96. The van der Waals surface area contributed by atoms with Crippen molar-refractivity contribution in [3.05, 3.63) is 30.6 Å². The molecule has 4 rings (SSSR count). The van der Waals surface area contributed by atoms with Gasteiger partial charge < -0.3 is 9.32 Å². The summed E-state index contributed by atoms with van der Waals surface area (Å²) in [6, 6.07) is 10.1. The number of amides is 1. The largest absolute Gasteiger partial charge is 0.451 e. The fourth-order valence-electron chi connectivity index (χ4n) is 3.95. The van der Waals surface area contributed by atoms with E-state index in [1.165, 1.54) is 18.1 Å². The lowest BCUT2D eigenvalue weighted by Crippen LogP contribution is -2.52. The van der Waals surface area contributed by atoms with Crippen LogP contribution in [0.15, 0.2) is 40.0 Å². The minimum Gasteiger partial charge on any atom is -0.451 e. The molecule has 1 aliphatic carbocycles. The Hall–Kier alpha value is -2.59. The average Bonchev–Trinajstić information content (AvgIpc) is 3.13. The molecule has 2 heterocycles. The number of fused-ring (bicyclic) bond motifs is 3. The summed E-state index contributed by atoms with van der Waals surface area (Å²) in [7, 11) is 1.75. The van der Waals surface area contributed by atoms with Gasteiger partial charge in [-0.3, -0.25) is 4.79 Å². The number of thioether (sulfide) groups is 1. The number of hydrogen-bond acceptors (Lipinski definition) is 6. The van der Waals surface area contributed by atoms with Gasteiger partial charge in [0.25, 0.3) is 0 Å². The second kappa shape index (κ2) is 7.44. The van der Waals surface area contributed by atoms with Gasteiger partial charge >= 0.3 is 0 Å². The van der Waals surface area contributed by atoms with Gasteiger partial charge in [-0.2, -0.15) is 5.26 Å². The highest BCUT2D eigenvalue weighted by Crippen LogP contribution is 2.37. The number of furan rings is 1. The molecular weight excluding hydrogens is 372 g/mol. The number of nitriles is 1. The molecule has 7 heteroatoms. The van der Waals surface area contributed by atoms with Crippen molar-refractivity contribution in [2.75, 3.05) is 7.05 Å². The molecule has 1 atom stereocenters. The standard InChI is InChI=1S/C21H22N4O2S/c1-14(20(26)25(2)21(12-22)10-6-3-7-11-21)28-19-18-17(23-13-24-19)15-8-4-5-9-16(15)27-18/h4-5,8-9,13-14H,3,6-7,10-11H2,1-2H3/t14-/m0/s1. The van der Waals surface area contributed by atoms with Gasteiger partial charge in [0.1, 0.15) is 28.0 Å². The molecule has 0 N–H and O–H groups in total. The van der Waals surface area contributed by atoms with Crippen molar-refractivity contribution in [1.29, 1.82) is 5.26 Å². The monoisotopic (exact) mass is 394 g/mol. The van der Waals surface area contributed by atoms with Crippen molar-refractivity contribution in [2.24, 2.45) is 0 Å². The van der Waals surface area contributed by atoms with Gasteiger partial charge in [0.15, 0.2) is 5.58 Å². The summed E-state index contributed by atoms with van der Waals surface area (Å²) in [5.41, 5.74) is 1.41. The van der Waals surface area contributed by atoms with Crippen LogP contribution in [0.5, 0.6) is 0 Å². The third-order valence-corrected chi connectivity index (χ3v) is 6.69. The zero-order valence-electron chi connectivity index (χ0n) is 16.0. The van der Waals surface area contributed by atoms with E-state index in [2.05, 4.69) is 16.0 Å². The lowest BCUT2D eigenvalue weighted by atomic mass is 9.81. The van der Waals surface area contributed by atoms with Crippen LogP contribution in [0.25, 0.3) is 22.1 Å².